The van der Waals surface area contributed by atoms with Crippen molar-refractivity contribution in [2.24, 2.45) is 0 Å². The third kappa shape index (κ3) is 3.63. The summed E-state index contributed by atoms with van der Waals surface area (Å²) in [4.78, 5) is 32.1. The number of rotatable bonds is 5. The zero-order chi connectivity index (χ0) is 24.0. The van der Waals surface area contributed by atoms with E-state index >= 15 is 0 Å². The molecule has 2 aromatic heterocycles. The number of hydrogen-bond donors (Lipinski definition) is 1. The van der Waals surface area contributed by atoms with Crippen molar-refractivity contribution in [2.45, 2.75) is 19.9 Å². The molecular formula is C25H19FN2O5S. The number of aromatic nitrogens is 1. The molecule has 1 amide bonds. The topological polar surface area (TPSA) is 92.9 Å². The number of ketones is 1. The molecule has 1 aliphatic heterocycles. The van der Waals surface area contributed by atoms with Crippen LogP contribution >= 0.6 is 11.3 Å². The number of carbonyl (C=O) groups is 2. The number of aliphatic hydroxyl groups is 1. The molecule has 7 nitrogen and oxygen atoms in total. The molecule has 2 aromatic carbocycles. The van der Waals surface area contributed by atoms with E-state index in [9.17, 15) is 19.1 Å². The first kappa shape index (κ1) is 21.8. The number of ether oxygens (including phenoxy) is 1. The van der Waals surface area contributed by atoms with Crippen LogP contribution in [0.25, 0.3) is 16.0 Å². The Kier molecular flexibility index (Phi) is 5.41. The lowest BCUT2D eigenvalue weighted by molar-refractivity contribution is -0.132. The van der Waals surface area contributed by atoms with Gasteiger partial charge in [0.25, 0.3) is 5.78 Å². The maximum atomic E-state index is 13.7. The van der Waals surface area contributed by atoms with Gasteiger partial charge in [0.2, 0.25) is 0 Å². The van der Waals surface area contributed by atoms with Crippen LogP contribution in [-0.2, 0) is 9.59 Å². The molecule has 0 spiro atoms. The van der Waals surface area contributed by atoms with Gasteiger partial charge >= 0.3 is 5.91 Å². The number of thiazole rings is 1. The highest BCUT2D eigenvalue weighted by molar-refractivity contribution is 7.22. The molecule has 0 aliphatic carbocycles. The fourth-order valence-electron chi connectivity index (χ4n) is 3.94. The Hall–Kier alpha value is -3.98. The monoisotopic (exact) mass is 478 g/mol. The minimum Gasteiger partial charge on any atom is -0.507 e. The third-order valence-electron chi connectivity index (χ3n) is 5.44. The first-order chi connectivity index (χ1) is 16.4. The minimum atomic E-state index is -1.05. The SMILES string of the molecule is CCOc1cccc(/C(O)=C2\C(=O)C(=O)N(c3nc4ccc(F)cc4s3)C2c2ccc(C)o2)c1. The number of benzene rings is 2. The molecule has 0 bridgehead atoms. The van der Waals surface area contributed by atoms with Crippen molar-refractivity contribution in [3.05, 3.63) is 83.1 Å². The molecular weight excluding hydrogens is 459 g/mol. The summed E-state index contributed by atoms with van der Waals surface area (Å²) in [6, 6.07) is 13.0. The number of nitrogens with zero attached hydrogens (tertiary/aromatic N) is 2. The highest BCUT2D eigenvalue weighted by Gasteiger charge is 2.49. The smallest absolute Gasteiger partial charge is 0.302 e. The van der Waals surface area contributed by atoms with Crippen LogP contribution in [-0.4, -0.2) is 28.4 Å². The number of furan rings is 1. The van der Waals surface area contributed by atoms with E-state index in [0.717, 1.165) is 11.3 Å². The van der Waals surface area contributed by atoms with Crippen LogP contribution in [0.15, 0.2) is 64.6 Å². The number of Topliss-reactive ketones (excluding diaryl/α,β-unsaturated/α-hetero) is 1. The summed E-state index contributed by atoms with van der Waals surface area (Å²) < 4.78 is 25.5. The Labute approximate surface area is 197 Å². The predicted molar refractivity (Wildman–Crippen MR) is 125 cm³/mol. The van der Waals surface area contributed by atoms with Crippen LogP contribution in [0.2, 0.25) is 0 Å². The van der Waals surface area contributed by atoms with Crippen molar-refractivity contribution in [1.29, 1.82) is 0 Å². The van der Waals surface area contributed by atoms with Gasteiger partial charge < -0.3 is 14.3 Å². The van der Waals surface area contributed by atoms with Gasteiger partial charge in [-0.3, -0.25) is 14.5 Å². The summed E-state index contributed by atoms with van der Waals surface area (Å²) in [5, 5.41) is 11.4. The molecule has 4 aromatic rings. The first-order valence-electron chi connectivity index (χ1n) is 10.5. The second kappa shape index (κ2) is 8.42. The number of halogens is 1. The van der Waals surface area contributed by atoms with Gasteiger partial charge in [0.15, 0.2) is 5.13 Å². The average Bonchev–Trinajstić information content (AvgIpc) is 3.49. The third-order valence-corrected chi connectivity index (χ3v) is 6.46. The van der Waals surface area contributed by atoms with E-state index in [1.165, 1.54) is 23.1 Å². The Morgan fingerprint density at radius 3 is 2.76 bits per heavy atom. The van der Waals surface area contributed by atoms with Gasteiger partial charge in [-0.25, -0.2) is 9.37 Å². The number of aliphatic hydroxyl groups excluding tert-OH is 1. The van der Waals surface area contributed by atoms with E-state index in [-0.39, 0.29) is 16.5 Å². The highest BCUT2D eigenvalue weighted by Crippen LogP contribution is 2.44. The molecule has 1 N–H and O–H groups in total. The lowest BCUT2D eigenvalue weighted by atomic mass is 9.99. The van der Waals surface area contributed by atoms with Crippen LogP contribution in [0.4, 0.5) is 9.52 Å². The van der Waals surface area contributed by atoms with Gasteiger partial charge in [0, 0.05) is 5.56 Å². The van der Waals surface area contributed by atoms with Gasteiger partial charge in [-0.2, -0.15) is 0 Å². The molecule has 172 valence electrons. The molecule has 0 radical (unpaired) electrons. The number of aryl methyl sites for hydroxylation is 1. The summed E-state index contributed by atoms with van der Waals surface area (Å²) in [6.07, 6.45) is 0. The minimum absolute atomic E-state index is 0.126. The summed E-state index contributed by atoms with van der Waals surface area (Å²) in [7, 11) is 0. The van der Waals surface area contributed by atoms with Gasteiger partial charge in [-0.1, -0.05) is 23.5 Å². The van der Waals surface area contributed by atoms with Gasteiger partial charge in [0.1, 0.15) is 34.9 Å². The van der Waals surface area contributed by atoms with Gasteiger partial charge in [-0.05, 0) is 56.3 Å². The summed E-state index contributed by atoms with van der Waals surface area (Å²) in [5.41, 5.74) is 0.684. The second-order valence-electron chi connectivity index (χ2n) is 7.69. The number of carbonyl (C=O) groups excluding carboxylic acids is 2. The van der Waals surface area contributed by atoms with Gasteiger partial charge in [-0.15, -0.1) is 0 Å². The number of anilines is 1. The van der Waals surface area contributed by atoms with Crippen molar-refractivity contribution in [3.8, 4) is 5.75 Å². The quantitative estimate of drug-likeness (QED) is 0.236. The molecule has 1 unspecified atom stereocenters. The summed E-state index contributed by atoms with van der Waals surface area (Å²) in [5.74, 6) is -1.13. The van der Waals surface area contributed by atoms with E-state index in [1.807, 2.05) is 6.92 Å². The molecule has 9 heteroatoms. The van der Waals surface area contributed by atoms with Crippen molar-refractivity contribution >= 4 is 44.1 Å². The van der Waals surface area contributed by atoms with E-state index in [4.69, 9.17) is 9.15 Å². The molecule has 1 saturated heterocycles. The Balaban J connectivity index is 1.70. The Bertz CT molecular complexity index is 1470. The number of fused-ring (bicyclic) bond motifs is 1. The van der Waals surface area contributed by atoms with Crippen LogP contribution in [0, 0.1) is 12.7 Å². The zero-order valence-corrected chi connectivity index (χ0v) is 19.1. The first-order valence-corrected chi connectivity index (χ1v) is 11.4. The molecule has 3 heterocycles. The normalized spacial score (nSPS) is 17.6. The van der Waals surface area contributed by atoms with Crippen LogP contribution in [0.5, 0.6) is 5.75 Å². The molecule has 1 aliphatic rings. The summed E-state index contributed by atoms with van der Waals surface area (Å²) >= 11 is 1.07. The van der Waals surface area contributed by atoms with E-state index in [2.05, 4.69) is 4.98 Å². The van der Waals surface area contributed by atoms with Crippen molar-refractivity contribution < 1.29 is 28.2 Å². The number of hydrogen-bond acceptors (Lipinski definition) is 7. The fraction of sp³-hybridized carbons (Fsp3) is 0.160. The van der Waals surface area contributed by atoms with Crippen LogP contribution in [0.1, 0.15) is 30.0 Å². The van der Waals surface area contributed by atoms with Crippen LogP contribution < -0.4 is 9.64 Å². The molecule has 1 fully saturated rings. The van der Waals surface area contributed by atoms with E-state index in [0.29, 0.717) is 39.7 Å². The standard InChI is InChI=1S/C25H19FN2O5S/c1-3-32-16-6-4-5-14(11-16)22(29)20-21(18-10-7-13(2)33-18)28(24(31)23(20)30)25-27-17-9-8-15(26)12-19(17)34-25/h4-12,21,29H,3H2,1-2H3/b22-20+. The Morgan fingerprint density at radius 2 is 2.03 bits per heavy atom. The predicted octanol–water partition coefficient (Wildman–Crippen LogP) is 5.36. The average molecular weight is 479 g/mol. The summed E-state index contributed by atoms with van der Waals surface area (Å²) in [6.45, 7) is 4.00. The maximum absolute atomic E-state index is 13.7. The van der Waals surface area contributed by atoms with Gasteiger partial charge in [0.05, 0.1) is 22.4 Å². The zero-order valence-electron chi connectivity index (χ0n) is 18.2. The van der Waals surface area contributed by atoms with Crippen molar-refractivity contribution in [1.82, 2.24) is 4.98 Å². The molecule has 0 saturated carbocycles. The molecule has 34 heavy (non-hydrogen) atoms. The highest BCUT2D eigenvalue weighted by atomic mass is 32.1. The van der Waals surface area contributed by atoms with Crippen molar-refractivity contribution in [2.75, 3.05) is 11.5 Å². The Morgan fingerprint density at radius 1 is 1.21 bits per heavy atom. The fourth-order valence-corrected chi connectivity index (χ4v) is 4.96. The van der Waals surface area contributed by atoms with Crippen molar-refractivity contribution in [3.63, 3.8) is 0 Å². The second-order valence-corrected chi connectivity index (χ2v) is 8.70. The molecule has 5 rings (SSSR count). The maximum Gasteiger partial charge on any atom is 0.302 e. The van der Waals surface area contributed by atoms with Crippen LogP contribution in [0.3, 0.4) is 0 Å². The lowest BCUT2D eigenvalue weighted by Crippen LogP contribution is -2.29. The van der Waals surface area contributed by atoms with E-state index < -0.39 is 23.5 Å². The van der Waals surface area contributed by atoms with E-state index in [1.54, 1.807) is 43.3 Å². The lowest BCUT2D eigenvalue weighted by Gasteiger charge is -2.20. The molecule has 1 atom stereocenters. The largest absolute Gasteiger partial charge is 0.507 e. The number of amides is 1.